The molecule has 0 bridgehead atoms. The minimum atomic E-state index is 0.183. The molecular formula is C15H15Cl2NO. The minimum Gasteiger partial charge on any atom is -0.360 e. The maximum absolute atomic E-state index is 12.4. The third kappa shape index (κ3) is 2.52. The number of Topliss-reactive ketones (excluding diaryl/α,β-unsaturated/α-hetero) is 1. The lowest BCUT2D eigenvalue weighted by Gasteiger charge is -2.07. The number of ketones is 1. The van der Waals surface area contributed by atoms with E-state index < -0.39 is 0 Å². The molecule has 0 atom stereocenters. The van der Waals surface area contributed by atoms with Gasteiger partial charge in [-0.05, 0) is 18.1 Å². The van der Waals surface area contributed by atoms with Crippen LogP contribution in [0.4, 0.5) is 0 Å². The molecule has 0 radical (unpaired) electrons. The van der Waals surface area contributed by atoms with E-state index in [4.69, 9.17) is 23.2 Å². The summed E-state index contributed by atoms with van der Waals surface area (Å²) in [6.45, 7) is 0. The van der Waals surface area contributed by atoms with Crippen molar-refractivity contribution in [2.45, 2.75) is 32.1 Å². The standard InChI is InChI=1S/C15H15Cl2NO/c16-10-6-12(17)15-11(8-18-13(15)7-10)14(19)5-9-3-1-2-4-9/h6-9,18H,1-5H2. The predicted molar refractivity (Wildman–Crippen MR) is 79.2 cm³/mol. The lowest BCUT2D eigenvalue weighted by molar-refractivity contribution is 0.0964. The Balaban J connectivity index is 1.94. The maximum Gasteiger partial charge on any atom is 0.165 e. The van der Waals surface area contributed by atoms with Crippen molar-refractivity contribution in [1.29, 1.82) is 0 Å². The first-order valence-electron chi connectivity index (χ1n) is 6.64. The van der Waals surface area contributed by atoms with Crippen molar-refractivity contribution in [3.8, 4) is 0 Å². The van der Waals surface area contributed by atoms with E-state index in [-0.39, 0.29) is 5.78 Å². The maximum atomic E-state index is 12.4. The van der Waals surface area contributed by atoms with Crippen LogP contribution in [0, 0.1) is 5.92 Å². The molecule has 2 nitrogen and oxygen atoms in total. The second-order valence-corrected chi connectivity index (χ2v) is 6.13. The number of fused-ring (bicyclic) bond motifs is 1. The average molecular weight is 296 g/mol. The predicted octanol–water partition coefficient (Wildman–Crippen LogP) is 5.24. The van der Waals surface area contributed by atoms with Gasteiger partial charge in [0.1, 0.15) is 0 Å². The Bertz CT molecular complexity index is 626. The van der Waals surface area contributed by atoms with Crippen LogP contribution in [0.15, 0.2) is 18.3 Å². The summed E-state index contributed by atoms with van der Waals surface area (Å²) in [7, 11) is 0. The fourth-order valence-electron chi connectivity index (χ4n) is 2.99. The minimum absolute atomic E-state index is 0.183. The summed E-state index contributed by atoms with van der Waals surface area (Å²) in [5.41, 5.74) is 1.52. The van der Waals surface area contributed by atoms with Gasteiger partial charge in [-0.3, -0.25) is 4.79 Å². The van der Waals surface area contributed by atoms with Gasteiger partial charge in [0.05, 0.1) is 5.02 Å². The number of halogens is 2. The number of nitrogens with one attached hydrogen (secondary N) is 1. The van der Waals surface area contributed by atoms with Crippen LogP contribution in [0.3, 0.4) is 0 Å². The number of aromatic amines is 1. The molecular weight excluding hydrogens is 281 g/mol. The highest BCUT2D eigenvalue weighted by molar-refractivity contribution is 6.39. The second kappa shape index (κ2) is 5.18. The molecule has 1 N–H and O–H groups in total. The van der Waals surface area contributed by atoms with Crippen molar-refractivity contribution in [3.05, 3.63) is 33.9 Å². The van der Waals surface area contributed by atoms with Gasteiger partial charge >= 0.3 is 0 Å². The van der Waals surface area contributed by atoms with E-state index >= 15 is 0 Å². The Hall–Kier alpha value is -0.990. The van der Waals surface area contributed by atoms with Crippen LogP contribution in [0.5, 0.6) is 0 Å². The van der Waals surface area contributed by atoms with Crippen LogP contribution in [0.2, 0.25) is 10.0 Å². The molecule has 100 valence electrons. The van der Waals surface area contributed by atoms with E-state index in [1.165, 1.54) is 25.7 Å². The number of H-pyrrole nitrogens is 1. The zero-order valence-electron chi connectivity index (χ0n) is 10.5. The van der Waals surface area contributed by atoms with E-state index in [2.05, 4.69) is 4.98 Å². The van der Waals surface area contributed by atoms with Crippen LogP contribution >= 0.6 is 23.2 Å². The summed E-state index contributed by atoms with van der Waals surface area (Å²) in [5, 5.41) is 1.92. The Morgan fingerprint density at radius 1 is 1.26 bits per heavy atom. The molecule has 1 fully saturated rings. The zero-order chi connectivity index (χ0) is 13.4. The summed E-state index contributed by atoms with van der Waals surface area (Å²) >= 11 is 12.2. The number of rotatable bonds is 3. The largest absolute Gasteiger partial charge is 0.360 e. The first-order valence-corrected chi connectivity index (χ1v) is 7.40. The number of hydrogen-bond donors (Lipinski definition) is 1. The van der Waals surface area contributed by atoms with E-state index in [9.17, 15) is 4.79 Å². The topological polar surface area (TPSA) is 32.9 Å². The molecule has 0 aliphatic heterocycles. The molecule has 3 rings (SSSR count). The fourth-order valence-corrected chi connectivity index (χ4v) is 3.59. The van der Waals surface area contributed by atoms with Gasteiger partial charge < -0.3 is 4.98 Å². The molecule has 2 aromatic rings. The van der Waals surface area contributed by atoms with Gasteiger partial charge in [-0.15, -0.1) is 0 Å². The first-order chi connectivity index (χ1) is 9.15. The molecule has 1 heterocycles. The van der Waals surface area contributed by atoms with Crippen molar-refractivity contribution in [2.75, 3.05) is 0 Å². The lowest BCUT2D eigenvalue weighted by Crippen LogP contribution is -2.05. The molecule has 1 aromatic heterocycles. The van der Waals surface area contributed by atoms with Crippen molar-refractivity contribution >= 4 is 39.9 Å². The molecule has 1 aromatic carbocycles. The van der Waals surface area contributed by atoms with Gasteiger partial charge in [-0.25, -0.2) is 0 Å². The second-order valence-electron chi connectivity index (χ2n) is 5.29. The lowest BCUT2D eigenvalue weighted by atomic mass is 9.97. The summed E-state index contributed by atoms with van der Waals surface area (Å²) in [6.07, 6.45) is 7.24. The molecule has 0 amide bonds. The number of carbonyl (C=O) groups excluding carboxylic acids is 1. The Morgan fingerprint density at radius 3 is 2.74 bits per heavy atom. The SMILES string of the molecule is O=C(CC1CCCC1)c1c[nH]c2cc(Cl)cc(Cl)c12. The third-order valence-electron chi connectivity index (χ3n) is 3.95. The van der Waals surface area contributed by atoms with Crippen molar-refractivity contribution in [2.24, 2.45) is 5.92 Å². The summed E-state index contributed by atoms with van der Waals surface area (Å²) < 4.78 is 0. The van der Waals surface area contributed by atoms with Gasteiger partial charge in [-0.1, -0.05) is 48.9 Å². The highest BCUT2D eigenvalue weighted by Crippen LogP contribution is 2.33. The molecule has 0 unspecified atom stereocenters. The molecule has 4 heteroatoms. The Labute approximate surface area is 122 Å². The zero-order valence-corrected chi connectivity index (χ0v) is 12.0. The van der Waals surface area contributed by atoms with E-state index in [1.807, 2.05) is 0 Å². The van der Waals surface area contributed by atoms with E-state index in [1.54, 1.807) is 18.3 Å². The van der Waals surface area contributed by atoms with Gasteiger partial charge in [0, 0.05) is 34.1 Å². The van der Waals surface area contributed by atoms with Crippen LogP contribution in [-0.4, -0.2) is 10.8 Å². The van der Waals surface area contributed by atoms with Gasteiger partial charge in [0.25, 0.3) is 0 Å². The normalized spacial score (nSPS) is 16.3. The summed E-state index contributed by atoms with van der Waals surface area (Å²) in [5.74, 6) is 0.728. The van der Waals surface area contributed by atoms with E-state index in [0.717, 1.165) is 10.9 Å². The average Bonchev–Trinajstić information content (AvgIpc) is 2.97. The molecule has 1 saturated carbocycles. The number of aromatic nitrogens is 1. The molecule has 1 aliphatic carbocycles. The molecule has 1 aliphatic rings. The quantitative estimate of drug-likeness (QED) is 0.772. The van der Waals surface area contributed by atoms with Crippen LogP contribution < -0.4 is 0 Å². The van der Waals surface area contributed by atoms with Gasteiger partial charge in [0.2, 0.25) is 0 Å². The van der Waals surface area contributed by atoms with Crippen molar-refractivity contribution < 1.29 is 4.79 Å². The molecule has 19 heavy (non-hydrogen) atoms. The molecule has 0 spiro atoms. The summed E-state index contributed by atoms with van der Waals surface area (Å²) in [6, 6.07) is 3.49. The number of carbonyl (C=O) groups is 1. The highest BCUT2D eigenvalue weighted by Gasteiger charge is 2.22. The first kappa shape index (κ1) is 13.0. The molecule has 0 saturated heterocycles. The number of benzene rings is 1. The van der Waals surface area contributed by atoms with Crippen LogP contribution in [-0.2, 0) is 0 Å². The van der Waals surface area contributed by atoms with Crippen molar-refractivity contribution in [1.82, 2.24) is 4.98 Å². The van der Waals surface area contributed by atoms with Gasteiger partial charge in [-0.2, -0.15) is 0 Å². The fraction of sp³-hybridized carbons (Fsp3) is 0.400. The Morgan fingerprint density at radius 2 is 2.00 bits per heavy atom. The summed E-state index contributed by atoms with van der Waals surface area (Å²) in [4.78, 5) is 15.5. The Kier molecular flexibility index (Phi) is 3.55. The van der Waals surface area contributed by atoms with Crippen molar-refractivity contribution in [3.63, 3.8) is 0 Å². The van der Waals surface area contributed by atoms with Crippen LogP contribution in [0.1, 0.15) is 42.5 Å². The number of hydrogen-bond acceptors (Lipinski definition) is 1. The highest BCUT2D eigenvalue weighted by atomic mass is 35.5. The smallest absolute Gasteiger partial charge is 0.165 e. The van der Waals surface area contributed by atoms with Gasteiger partial charge in [0.15, 0.2) is 5.78 Å². The monoisotopic (exact) mass is 295 g/mol. The third-order valence-corrected chi connectivity index (χ3v) is 4.46. The van der Waals surface area contributed by atoms with Crippen LogP contribution in [0.25, 0.3) is 10.9 Å². The van der Waals surface area contributed by atoms with E-state index in [0.29, 0.717) is 27.9 Å².